The van der Waals surface area contributed by atoms with Crippen molar-refractivity contribution in [1.82, 2.24) is 9.97 Å². The molecule has 0 saturated carbocycles. The number of methoxy groups -OCH3 is 1. The van der Waals surface area contributed by atoms with E-state index in [9.17, 15) is 13.2 Å². The smallest absolute Gasteiger partial charge is 0.274 e. The van der Waals surface area contributed by atoms with Crippen LogP contribution < -0.4 is 15.0 Å². The molecule has 8 heteroatoms. The normalized spacial score (nSPS) is 11.9. The van der Waals surface area contributed by atoms with Crippen LogP contribution in [0.1, 0.15) is 37.5 Å². The Labute approximate surface area is 188 Å². The van der Waals surface area contributed by atoms with E-state index in [2.05, 4.69) is 35.5 Å². The predicted molar refractivity (Wildman–Crippen MR) is 128 cm³/mol. The third-order valence-electron chi connectivity index (χ3n) is 5.10. The molecule has 7 nitrogen and oxygen atoms in total. The van der Waals surface area contributed by atoms with Gasteiger partial charge in [0.15, 0.2) is 0 Å². The molecule has 0 aliphatic rings. The third-order valence-corrected chi connectivity index (χ3v) is 5.71. The van der Waals surface area contributed by atoms with Crippen LogP contribution in [0.5, 0.6) is 5.75 Å². The maximum Gasteiger partial charge on any atom is 0.274 e. The summed E-state index contributed by atoms with van der Waals surface area (Å²) in [7, 11) is -1.65. The molecule has 32 heavy (non-hydrogen) atoms. The molecule has 3 aromatic rings. The van der Waals surface area contributed by atoms with Crippen LogP contribution in [0.15, 0.2) is 53.6 Å². The van der Waals surface area contributed by atoms with Gasteiger partial charge in [-0.1, -0.05) is 32.9 Å². The lowest BCUT2D eigenvalue weighted by atomic mass is 9.83. The summed E-state index contributed by atoms with van der Waals surface area (Å²) in [6, 6.07) is 11.2. The van der Waals surface area contributed by atoms with Gasteiger partial charge in [0.2, 0.25) is 10.0 Å². The molecule has 0 radical (unpaired) electrons. The van der Waals surface area contributed by atoms with E-state index in [0.29, 0.717) is 17.8 Å². The Morgan fingerprint density at radius 3 is 2.34 bits per heavy atom. The van der Waals surface area contributed by atoms with E-state index in [0.717, 1.165) is 40.7 Å². The highest BCUT2D eigenvalue weighted by atomic mass is 32.2. The van der Waals surface area contributed by atoms with Crippen LogP contribution in [-0.2, 0) is 28.3 Å². The number of benzene rings is 2. The summed E-state index contributed by atoms with van der Waals surface area (Å²) in [6.07, 6.45) is 5.62. The standard InChI is InChI=1S/C24H29N3O4S/c1-24(2,3)20-15-18(21-23(28)26-13-12-25-21)14-17(22(20)31-4)9-6-16-7-10-19(11-8-16)27-32(5,29)30/h7-8,10-15,27H,6,9H2,1-5H3,(H,26,28). The van der Waals surface area contributed by atoms with Gasteiger partial charge in [-0.25, -0.2) is 13.4 Å². The Kier molecular flexibility index (Phi) is 6.74. The molecule has 1 heterocycles. The molecule has 0 aliphatic carbocycles. The molecule has 0 unspecified atom stereocenters. The van der Waals surface area contributed by atoms with E-state index in [1.54, 1.807) is 25.4 Å². The number of sulfonamides is 1. The van der Waals surface area contributed by atoms with Gasteiger partial charge in [-0.3, -0.25) is 9.52 Å². The SMILES string of the molecule is COc1c(CCc2ccc(NS(C)(=O)=O)cc2)cc(-c2ncc[nH]c2=O)cc1C(C)(C)C. The summed E-state index contributed by atoms with van der Waals surface area (Å²) < 4.78 is 31.1. The van der Waals surface area contributed by atoms with Crippen molar-refractivity contribution in [2.45, 2.75) is 39.0 Å². The van der Waals surface area contributed by atoms with Crippen LogP contribution >= 0.6 is 0 Å². The van der Waals surface area contributed by atoms with E-state index < -0.39 is 10.0 Å². The molecule has 0 saturated heterocycles. The summed E-state index contributed by atoms with van der Waals surface area (Å²) in [5.74, 6) is 0.809. The average molecular weight is 456 g/mol. The molecule has 1 aromatic heterocycles. The first-order valence-corrected chi connectivity index (χ1v) is 12.2. The number of rotatable bonds is 7. The minimum absolute atomic E-state index is 0.198. The van der Waals surface area contributed by atoms with Gasteiger partial charge >= 0.3 is 0 Å². The number of ether oxygens (including phenoxy) is 1. The molecule has 0 atom stereocenters. The van der Waals surface area contributed by atoms with Crippen LogP contribution in [0, 0.1) is 0 Å². The van der Waals surface area contributed by atoms with Crippen molar-refractivity contribution in [2.75, 3.05) is 18.1 Å². The predicted octanol–water partition coefficient (Wildman–Crippen LogP) is 3.90. The Morgan fingerprint density at radius 1 is 1.09 bits per heavy atom. The quantitative estimate of drug-likeness (QED) is 0.563. The second-order valence-electron chi connectivity index (χ2n) is 8.80. The number of anilines is 1. The number of nitrogens with one attached hydrogen (secondary N) is 2. The van der Waals surface area contributed by atoms with Crippen molar-refractivity contribution in [1.29, 1.82) is 0 Å². The maximum atomic E-state index is 12.4. The monoisotopic (exact) mass is 455 g/mol. The van der Waals surface area contributed by atoms with Crippen LogP contribution in [-0.4, -0.2) is 31.8 Å². The lowest BCUT2D eigenvalue weighted by Crippen LogP contribution is -2.16. The fourth-order valence-electron chi connectivity index (χ4n) is 3.60. The zero-order chi connectivity index (χ0) is 23.5. The first-order valence-electron chi connectivity index (χ1n) is 10.3. The summed E-state index contributed by atoms with van der Waals surface area (Å²) >= 11 is 0. The molecule has 0 amide bonds. The summed E-state index contributed by atoms with van der Waals surface area (Å²) in [6.45, 7) is 6.32. The van der Waals surface area contributed by atoms with E-state index in [-0.39, 0.29) is 11.0 Å². The zero-order valence-electron chi connectivity index (χ0n) is 19.0. The number of aromatic amines is 1. The number of aryl methyl sites for hydroxylation is 2. The molecule has 0 bridgehead atoms. The highest BCUT2D eigenvalue weighted by Gasteiger charge is 2.23. The molecular formula is C24H29N3O4S. The van der Waals surface area contributed by atoms with Crippen LogP contribution in [0.3, 0.4) is 0 Å². The van der Waals surface area contributed by atoms with Gasteiger partial charge in [0.1, 0.15) is 11.4 Å². The topological polar surface area (TPSA) is 101 Å². The number of aromatic nitrogens is 2. The average Bonchev–Trinajstić information content (AvgIpc) is 2.71. The number of nitrogens with zero attached hydrogens (tertiary/aromatic N) is 1. The van der Waals surface area contributed by atoms with E-state index in [4.69, 9.17) is 4.74 Å². The minimum atomic E-state index is -3.31. The van der Waals surface area contributed by atoms with E-state index in [1.807, 2.05) is 24.3 Å². The molecule has 0 spiro atoms. The van der Waals surface area contributed by atoms with Gasteiger partial charge in [-0.2, -0.15) is 0 Å². The first kappa shape index (κ1) is 23.5. The third kappa shape index (κ3) is 5.76. The summed E-state index contributed by atoms with van der Waals surface area (Å²) in [4.78, 5) is 19.3. The van der Waals surface area contributed by atoms with Crippen molar-refractivity contribution < 1.29 is 13.2 Å². The minimum Gasteiger partial charge on any atom is -0.496 e. The Balaban J connectivity index is 1.97. The molecule has 3 rings (SSSR count). The van der Waals surface area contributed by atoms with Gasteiger partial charge in [0, 0.05) is 29.2 Å². The number of H-pyrrole nitrogens is 1. The fraction of sp³-hybridized carbons (Fsp3) is 0.333. The van der Waals surface area contributed by atoms with Crippen molar-refractivity contribution in [2.24, 2.45) is 0 Å². The fourth-order valence-corrected chi connectivity index (χ4v) is 4.16. The summed E-state index contributed by atoms with van der Waals surface area (Å²) in [5.41, 5.74) is 4.26. The largest absolute Gasteiger partial charge is 0.496 e. The highest BCUT2D eigenvalue weighted by Crippen LogP contribution is 2.37. The van der Waals surface area contributed by atoms with E-state index in [1.165, 1.54) is 6.20 Å². The zero-order valence-corrected chi connectivity index (χ0v) is 19.8. The van der Waals surface area contributed by atoms with Crippen molar-refractivity contribution >= 4 is 15.7 Å². The maximum absolute atomic E-state index is 12.4. The Bertz CT molecular complexity index is 1260. The van der Waals surface area contributed by atoms with Gasteiger partial charge in [0.25, 0.3) is 5.56 Å². The van der Waals surface area contributed by atoms with Crippen molar-refractivity contribution in [3.63, 3.8) is 0 Å². The van der Waals surface area contributed by atoms with Crippen LogP contribution in [0.2, 0.25) is 0 Å². The number of hydrogen-bond donors (Lipinski definition) is 2. The van der Waals surface area contributed by atoms with Crippen molar-refractivity contribution in [3.8, 4) is 17.0 Å². The Morgan fingerprint density at radius 2 is 1.78 bits per heavy atom. The molecule has 2 N–H and O–H groups in total. The molecule has 0 fully saturated rings. The van der Waals surface area contributed by atoms with Crippen molar-refractivity contribution in [3.05, 3.63) is 75.8 Å². The van der Waals surface area contributed by atoms with Crippen LogP contribution in [0.25, 0.3) is 11.3 Å². The Hall–Kier alpha value is -3.13. The molecule has 170 valence electrons. The number of hydrogen-bond acceptors (Lipinski definition) is 5. The highest BCUT2D eigenvalue weighted by molar-refractivity contribution is 7.92. The second kappa shape index (κ2) is 9.16. The van der Waals surface area contributed by atoms with E-state index >= 15 is 0 Å². The second-order valence-corrected chi connectivity index (χ2v) is 10.6. The summed E-state index contributed by atoms with van der Waals surface area (Å²) in [5, 5.41) is 0. The first-order chi connectivity index (χ1) is 15.0. The van der Waals surface area contributed by atoms with Gasteiger partial charge in [-0.15, -0.1) is 0 Å². The molecule has 0 aliphatic heterocycles. The van der Waals surface area contributed by atoms with Gasteiger partial charge < -0.3 is 9.72 Å². The van der Waals surface area contributed by atoms with Crippen LogP contribution in [0.4, 0.5) is 5.69 Å². The van der Waals surface area contributed by atoms with Gasteiger partial charge in [0.05, 0.1) is 13.4 Å². The van der Waals surface area contributed by atoms with Gasteiger partial charge in [-0.05, 0) is 53.6 Å². The lowest BCUT2D eigenvalue weighted by molar-refractivity contribution is 0.392. The lowest BCUT2D eigenvalue weighted by Gasteiger charge is -2.25. The molecular weight excluding hydrogens is 426 g/mol. The molecule has 2 aromatic carbocycles.